The largest absolute Gasteiger partial charge is 0.417 e. The van der Waals surface area contributed by atoms with Gasteiger partial charge in [-0.3, -0.25) is 9.59 Å². The molecule has 1 aromatic carbocycles. The van der Waals surface area contributed by atoms with Crippen LogP contribution >= 0.6 is 11.3 Å². The van der Waals surface area contributed by atoms with Gasteiger partial charge in [0.1, 0.15) is 5.60 Å². The lowest BCUT2D eigenvalue weighted by Gasteiger charge is -2.37. The van der Waals surface area contributed by atoms with Crippen molar-refractivity contribution in [1.29, 1.82) is 0 Å². The Morgan fingerprint density at radius 1 is 1.19 bits per heavy atom. The zero-order valence-corrected chi connectivity index (χ0v) is 21.3. The Labute approximate surface area is 193 Å². The van der Waals surface area contributed by atoms with E-state index in [4.69, 9.17) is 9.16 Å². The van der Waals surface area contributed by atoms with Crippen LogP contribution in [0.25, 0.3) is 10.2 Å². The Balaban J connectivity index is 1.43. The number of fused-ring (bicyclic) bond motifs is 6. The van der Waals surface area contributed by atoms with E-state index in [0.717, 1.165) is 10.2 Å². The van der Waals surface area contributed by atoms with E-state index in [1.165, 1.54) is 16.2 Å². The van der Waals surface area contributed by atoms with Gasteiger partial charge >= 0.3 is 0 Å². The van der Waals surface area contributed by atoms with Crippen molar-refractivity contribution >= 4 is 47.4 Å². The molecule has 2 fully saturated rings. The molecule has 2 bridgehead atoms. The second-order valence-corrected chi connectivity index (χ2v) is 16.6. The van der Waals surface area contributed by atoms with E-state index in [9.17, 15) is 9.59 Å². The van der Waals surface area contributed by atoms with Crippen LogP contribution in [-0.4, -0.2) is 42.9 Å². The molecule has 4 heterocycles. The first-order valence-corrected chi connectivity index (χ1v) is 14.9. The number of nitrogens with zero attached hydrogens (tertiary/aromatic N) is 2. The molecule has 3 aliphatic rings. The smallest absolute Gasteiger partial charge is 0.241 e. The molecule has 3 aliphatic heterocycles. The molecule has 6 nitrogen and oxygen atoms in total. The molecular formula is C24H30N2O4SSi. The van der Waals surface area contributed by atoms with Crippen LogP contribution in [0.2, 0.25) is 18.1 Å². The molecule has 8 heteroatoms. The molecule has 5 rings (SSSR count). The zero-order chi connectivity index (χ0) is 23.1. The van der Waals surface area contributed by atoms with Gasteiger partial charge in [0.05, 0.1) is 38.9 Å². The normalized spacial score (nSPS) is 31.9. The fourth-order valence-electron chi connectivity index (χ4n) is 5.07. The Kier molecular flexibility index (Phi) is 4.68. The second kappa shape index (κ2) is 6.82. The Morgan fingerprint density at radius 3 is 2.62 bits per heavy atom. The van der Waals surface area contributed by atoms with Crippen molar-refractivity contribution in [3.63, 3.8) is 0 Å². The van der Waals surface area contributed by atoms with Gasteiger partial charge in [-0.05, 0) is 43.3 Å². The quantitative estimate of drug-likeness (QED) is 0.353. The van der Waals surface area contributed by atoms with Gasteiger partial charge in [0, 0.05) is 13.0 Å². The van der Waals surface area contributed by atoms with E-state index >= 15 is 0 Å². The van der Waals surface area contributed by atoms with Gasteiger partial charge < -0.3 is 9.16 Å². The lowest BCUT2D eigenvalue weighted by molar-refractivity contribution is -0.129. The van der Waals surface area contributed by atoms with E-state index in [0.29, 0.717) is 18.7 Å². The minimum atomic E-state index is -1.92. The van der Waals surface area contributed by atoms with E-state index in [1.54, 1.807) is 5.51 Å². The van der Waals surface area contributed by atoms with E-state index in [-0.39, 0.29) is 16.9 Å². The summed E-state index contributed by atoms with van der Waals surface area (Å²) < 4.78 is 13.8. The number of anilines is 1. The van der Waals surface area contributed by atoms with Crippen LogP contribution in [0.3, 0.4) is 0 Å². The second-order valence-electron chi connectivity index (χ2n) is 10.9. The Morgan fingerprint density at radius 2 is 1.91 bits per heavy atom. The maximum Gasteiger partial charge on any atom is 0.241 e. The summed E-state index contributed by atoms with van der Waals surface area (Å²) in [5, 5.41) is 0.106. The number of thiazole rings is 1. The summed E-state index contributed by atoms with van der Waals surface area (Å²) in [5.74, 6) is -1.39. The van der Waals surface area contributed by atoms with Crippen LogP contribution in [0.15, 0.2) is 35.9 Å². The van der Waals surface area contributed by atoms with Crippen LogP contribution in [-0.2, 0) is 18.8 Å². The van der Waals surface area contributed by atoms with Crippen LogP contribution in [0, 0.1) is 11.8 Å². The lowest BCUT2D eigenvalue weighted by atomic mass is 9.71. The first kappa shape index (κ1) is 21.9. The van der Waals surface area contributed by atoms with Gasteiger partial charge in [-0.15, -0.1) is 11.3 Å². The van der Waals surface area contributed by atoms with Crippen molar-refractivity contribution in [3.8, 4) is 0 Å². The third-order valence-corrected chi connectivity index (χ3v) is 13.2. The topological polar surface area (TPSA) is 68.7 Å². The number of carbonyl (C=O) groups is 2. The molecule has 0 saturated carbocycles. The molecule has 170 valence electrons. The fourth-order valence-corrected chi connectivity index (χ4v) is 6.82. The van der Waals surface area contributed by atoms with Crippen LogP contribution in [0.5, 0.6) is 0 Å². The van der Waals surface area contributed by atoms with E-state index in [1.807, 2.05) is 37.3 Å². The number of amides is 2. The van der Waals surface area contributed by atoms with Gasteiger partial charge in [0.25, 0.3) is 0 Å². The zero-order valence-electron chi connectivity index (χ0n) is 19.5. The van der Waals surface area contributed by atoms with Crippen LogP contribution in [0.4, 0.5) is 5.69 Å². The first-order chi connectivity index (χ1) is 14.9. The number of imide groups is 1. The number of benzene rings is 1. The predicted molar refractivity (Wildman–Crippen MR) is 128 cm³/mol. The standard InChI is InChI=1S/C24H30N2O4SSi/c1-22(2,3)32(5,6)29-12-11-24-10-9-23(4,30-24)18-19(24)21(28)26(20(18)27)15-7-8-16-17(13-15)31-14-25-16/h7-10,13-14,18-19H,11-12H2,1-6H3/t18-,19+,23?,24?/m0/s1. The average Bonchev–Trinajstić information content (AvgIpc) is 3.41. The highest BCUT2D eigenvalue weighted by atomic mass is 32.1. The summed E-state index contributed by atoms with van der Waals surface area (Å²) in [6, 6.07) is 5.56. The van der Waals surface area contributed by atoms with Crippen molar-refractivity contribution in [2.24, 2.45) is 11.8 Å². The van der Waals surface area contributed by atoms with Gasteiger partial charge in [0.15, 0.2) is 8.32 Å². The molecule has 1 aromatic heterocycles. The Hall–Kier alpha value is -1.87. The SMILES string of the molecule is CC12C=CC(CCO[Si](C)(C)C(C)(C)C)(O1)[C@H]1C(=O)N(c3ccc4ncsc4c3)C(=O)[C@H]12. The third-order valence-electron chi connectivity index (χ3n) is 7.89. The minimum Gasteiger partial charge on any atom is -0.417 e. The van der Waals surface area contributed by atoms with E-state index in [2.05, 4.69) is 38.8 Å². The van der Waals surface area contributed by atoms with Crippen molar-refractivity contribution < 1.29 is 18.8 Å². The number of aromatic nitrogens is 1. The number of carbonyl (C=O) groups excluding carboxylic acids is 2. The highest BCUT2D eigenvalue weighted by Gasteiger charge is 2.71. The fraction of sp³-hybridized carbons (Fsp3) is 0.542. The molecule has 0 aliphatic carbocycles. The highest BCUT2D eigenvalue weighted by molar-refractivity contribution is 7.16. The highest BCUT2D eigenvalue weighted by Crippen LogP contribution is 2.59. The Bertz CT molecular complexity index is 1150. The van der Waals surface area contributed by atoms with Gasteiger partial charge in [0.2, 0.25) is 11.8 Å². The molecule has 0 N–H and O–H groups in total. The minimum absolute atomic E-state index is 0.106. The number of rotatable bonds is 5. The number of hydrogen-bond donors (Lipinski definition) is 0. The average molecular weight is 471 g/mol. The van der Waals surface area contributed by atoms with Crippen molar-refractivity contribution in [1.82, 2.24) is 4.98 Å². The maximum absolute atomic E-state index is 13.7. The monoisotopic (exact) mass is 470 g/mol. The third kappa shape index (κ3) is 3.00. The van der Waals surface area contributed by atoms with Gasteiger partial charge in [-0.2, -0.15) is 0 Å². The summed E-state index contributed by atoms with van der Waals surface area (Å²) in [7, 11) is -1.92. The lowest BCUT2D eigenvalue weighted by Crippen LogP contribution is -2.44. The summed E-state index contributed by atoms with van der Waals surface area (Å²) in [6.07, 6.45) is 4.54. The maximum atomic E-state index is 13.7. The molecule has 0 spiro atoms. The van der Waals surface area contributed by atoms with Crippen LogP contribution in [0.1, 0.15) is 34.1 Å². The van der Waals surface area contributed by atoms with Crippen molar-refractivity contribution in [2.45, 2.75) is 63.5 Å². The van der Waals surface area contributed by atoms with Crippen LogP contribution < -0.4 is 4.90 Å². The molecule has 0 radical (unpaired) electrons. The first-order valence-electron chi connectivity index (χ1n) is 11.1. The van der Waals surface area contributed by atoms with Gasteiger partial charge in [-0.25, -0.2) is 9.88 Å². The molecular weight excluding hydrogens is 440 g/mol. The number of hydrogen-bond acceptors (Lipinski definition) is 6. The van der Waals surface area contributed by atoms with Crippen molar-refractivity contribution in [3.05, 3.63) is 35.9 Å². The van der Waals surface area contributed by atoms with Crippen molar-refractivity contribution in [2.75, 3.05) is 11.5 Å². The molecule has 2 aromatic rings. The summed E-state index contributed by atoms with van der Waals surface area (Å²) in [4.78, 5) is 32.9. The molecule has 32 heavy (non-hydrogen) atoms. The summed E-state index contributed by atoms with van der Waals surface area (Å²) in [6.45, 7) is 13.5. The number of ether oxygens (including phenoxy) is 1. The predicted octanol–water partition coefficient (Wildman–Crippen LogP) is 4.91. The summed E-state index contributed by atoms with van der Waals surface area (Å²) >= 11 is 1.50. The molecule has 2 unspecified atom stereocenters. The molecule has 2 amide bonds. The van der Waals surface area contributed by atoms with Gasteiger partial charge in [-0.1, -0.05) is 32.9 Å². The molecule has 4 atom stereocenters. The van der Waals surface area contributed by atoms with E-state index < -0.39 is 31.4 Å². The summed E-state index contributed by atoms with van der Waals surface area (Å²) in [5.41, 5.74) is 1.69. The molecule has 2 saturated heterocycles.